The summed E-state index contributed by atoms with van der Waals surface area (Å²) in [6.45, 7) is 2.12. The van der Waals surface area contributed by atoms with Gasteiger partial charge in [0.05, 0.1) is 5.41 Å². The summed E-state index contributed by atoms with van der Waals surface area (Å²) in [6, 6.07) is 16.1. The van der Waals surface area contributed by atoms with Gasteiger partial charge in [-0.1, -0.05) is 134 Å². The first kappa shape index (κ1) is 24.4. The first-order valence-electron chi connectivity index (χ1n) is 14.3. The van der Waals surface area contributed by atoms with Gasteiger partial charge in [0.1, 0.15) is 0 Å². The normalized spacial score (nSPS) is 27.9. The van der Waals surface area contributed by atoms with Crippen LogP contribution in [0.2, 0.25) is 0 Å². The van der Waals surface area contributed by atoms with Crippen LogP contribution in [0.4, 0.5) is 0 Å². The second-order valence-electron chi connectivity index (χ2n) is 10.8. The average Bonchev–Trinajstić information content (AvgIpc) is 3.59. The van der Waals surface area contributed by atoms with Crippen molar-refractivity contribution in [2.45, 2.75) is 25.2 Å². The molecule has 0 amide bonds. The number of fused-ring (bicyclic) bond motifs is 2. The molecule has 0 radical (unpaired) electrons. The van der Waals surface area contributed by atoms with Gasteiger partial charge in [-0.05, 0) is 99.2 Å². The predicted molar refractivity (Wildman–Crippen MR) is 172 cm³/mol. The maximum Gasteiger partial charge on any atom is 0.0676 e. The van der Waals surface area contributed by atoms with Crippen molar-refractivity contribution in [2.24, 2.45) is 0 Å². The molecule has 0 aliphatic heterocycles. The van der Waals surface area contributed by atoms with Crippen molar-refractivity contribution in [1.82, 2.24) is 0 Å². The Morgan fingerprint density at radius 2 is 1.45 bits per heavy atom. The fraction of sp³-hybridized carbons (Fsp3) is 0.100. The smallest absolute Gasteiger partial charge is 0.0676 e. The van der Waals surface area contributed by atoms with Gasteiger partial charge < -0.3 is 0 Å². The predicted octanol–water partition coefficient (Wildman–Crippen LogP) is 10.3. The summed E-state index contributed by atoms with van der Waals surface area (Å²) in [6.07, 6.45) is 42.1. The van der Waals surface area contributed by atoms with E-state index < -0.39 is 0 Å². The van der Waals surface area contributed by atoms with E-state index in [2.05, 4.69) is 159 Å². The van der Waals surface area contributed by atoms with Crippen LogP contribution in [-0.2, 0) is 5.41 Å². The molecule has 0 fully saturated rings. The van der Waals surface area contributed by atoms with Crippen LogP contribution in [0.15, 0.2) is 174 Å². The molecule has 0 aromatic heterocycles. The number of benzene rings is 2. The Kier molecular flexibility index (Phi) is 6.17. The lowest BCUT2D eigenvalue weighted by atomic mass is 9.63. The zero-order valence-electron chi connectivity index (χ0n) is 22.8. The standard InChI is InChI=1S/C40H32/c1-2-30(26-29-14-9-10-15-29)31-16-13-17-32(27-31)33-24-25-37-36-22-11-12-23-38(36)40(39(37)28-33)34-18-5-3-6-19-35(40)21-8-4-7-20-34/h2-11,13-22,24-28H,12,23H2,1H3/b5-3-,6-3?,7-4?,8-4-,18-5?,19-6-,20-7-,21-8?,30-2+,34-18-,34-20?,35-19?,35-21-. The number of hydrogen-bond acceptors (Lipinski definition) is 0. The highest BCUT2D eigenvalue weighted by molar-refractivity contribution is 5.93. The van der Waals surface area contributed by atoms with Crippen LogP contribution < -0.4 is 0 Å². The van der Waals surface area contributed by atoms with Crippen LogP contribution in [0, 0.1) is 0 Å². The van der Waals surface area contributed by atoms with Gasteiger partial charge in [-0.3, -0.25) is 0 Å². The van der Waals surface area contributed by atoms with Gasteiger partial charge in [0.15, 0.2) is 0 Å². The lowest BCUT2D eigenvalue weighted by Crippen LogP contribution is -2.31. The third-order valence-corrected chi connectivity index (χ3v) is 8.60. The lowest BCUT2D eigenvalue weighted by Gasteiger charge is -2.38. The maximum absolute atomic E-state index is 2.47. The molecule has 40 heavy (non-hydrogen) atoms. The van der Waals surface area contributed by atoms with Gasteiger partial charge in [-0.15, -0.1) is 0 Å². The van der Waals surface area contributed by atoms with E-state index in [1.807, 2.05) is 0 Å². The second-order valence-corrected chi connectivity index (χ2v) is 10.8. The van der Waals surface area contributed by atoms with Gasteiger partial charge in [0.2, 0.25) is 0 Å². The van der Waals surface area contributed by atoms with Crippen molar-refractivity contribution in [1.29, 1.82) is 0 Å². The van der Waals surface area contributed by atoms with E-state index in [0.717, 1.165) is 12.8 Å². The topological polar surface area (TPSA) is 0 Å². The van der Waals surface area contributed by atoms with E-state index in [9.17, 15) is 0 Å². The molecule has 2 aromatic rings. The third kappa shape index (κ3) is 3.91. The highest BCUT2D eigenvalue weighted by Crippen LogP contribution is 2.59. The van der Waals surface area contributed by atoms with E-state index in [0.29, 0.717) is 0 Å². The van der Waals surface area contributed by atoms with Gasteiger partial charge in [0.25, 0.3) is 0 Å². The maximum atomic E-state index is 2.47. The van der Waals surface area contributed by atoms with Gasteiger partial charge >= 0.3 is 0 Å². The number of rotatable bonds is 3. The molecule has 0 N–H and O–H groups in total. The van der Waals surface area contributed by atoms with Crippen LogP contribution in [-0.4, -0.2) is 0 Å². The minimum atomic E-state index is -0.300. The summed E-state index contributed by atoms with van der Waals surface area (Å²) >= 11 is 0. The molecular weight excluding hydrogens is 480 g/mol. The van der Waals surface area contributed by atoms with Crippen LogP contribution in [0.25, 0.3) is 22.3 Å². The number of allylic oxidation sites excluding steroid dienone is 24. The van der Waals surface area contributed by atoms with E-state index in [4.69, 9.17) is 0 Å². The Morgan fingerprint density at radius 1 is 0.725 bits per heavy atom. The summed E-state index contributed by atoms with van der Waals surface area (Å²) < 4.78 is 0. The molecule has 2 bridgehead atoms. The first-order chi connectivity index (χ1) is 19.8. The molecule has 0 unspecified atom stereocenters. The van der Waals surface area contributed by atoms with Gasteiger partial charge in [-0.2, -0.15) is 0 Å². The van der Waals surface area contributed by atoms with Crippen molar-refractivity contribution < 1.29 is 0 Å². The number of hydrogen-bond donors (Lipinski definition) is 0. The summed E-state index contributed by atoms with van der Waals surface area (Å²) in [7, 11) is 0. The largest absolute Gasteiger partial charge is 0.0836 e. The molecule has 192 valence electrons. The van der Waals surface area contributed by atoms with E-state index in [1.165, 1.54) is 61.3 Å². The Bertz CT molecular complexity index is 1720. The van der Waals surface area contributed by atoms with Crippen molar-refractivity contribution in [3.05, 3.63) is 191 Å². The summed E-state index contributed by atoms with van der Waals surface area (Å²) in [4.78, 5) is 0. The molecule has 7 rings (SSSR count). The Balaban J connectivity index is 1.42. The molecule has 0 saturated carbocycles. The average molecular weight is 513 g/mol. The Hall–Kier alpha value is -4.68. The van der Waals surface area contributed by atoms with E-state index in [-0.39, 0.29) is 5.41 Å². The molecule has 5 aliphatic rings. The summed E-state index contributed by atoms with van der Waals surface area (Å²) in [5, 5.41) is 0. The highest BCUT2D eigenvalue weighted by atomic mass is 14.5. The second kappa shape index (κ2) is 10.1. The quantitative estimate of drug-likeness (QED) is 0.384. The summed E-state index contributed by atoms with van der Waals surface area (Å²) in [5.74, 6) is 0. The SMILES string of the molecule is C/C=C(\C=C1C=CC=C1)c1cccc(-c2ccc3c(c2)C2(C4=C3C=CCC4)C3=C\C=C/C=C\C2=C\C=C/C=C\3)c1. The molecule has 2 aromatic carbocycles. The molecule has 0 heteroatoms. The third-order valence-electron chi connectivity index (χ3n) is 8.60. The van der Waals surface area contributed by atoms with Crippen molar-refractivity contribution >= 4 is 11.1 Å². The van der Waals surface area contributed by atoms with Gasteiger partial charge in [0, 0.05) is 0 Å². The van der Waals surface area contributed by atoms with Crippen LogP contribution >= 0.6 is 0 Å². The van der Waals surface area contributed by atoms with E-state index >= 15 is 0 Å². The van der Waals surface area contributed by atoms with Gasteiger partial charge in [-0.25, -0.2) is 0 Å². The highest BCUT2D eigenvalue weighted by Gasteiger charge is 2.48. The van der Waals surface area contributed by atoms with Crippen LogP contribution in [0.5, 0.6) is 0 Å². The van der Waals surface area contributed by atoms with Crippen molar-refractivity contribution in [3.63, 3.8) is 0 Å². The minimum absolute atomic E-state index is 0.300. The molecule has 0 heterocycles. The van der Waals surface area contributed by atoms with Crippen LogP contribution in [0.1, 0.15) is 36.5 Å². The molecule has 0 nitrogen and oxygen atoms in total. The first-order valence-corrected chi connectivity index (χ1v) is 14.3. The van der Waals surface area contributed by atoms with Crippen molar-refractivity contribution in [3.8, 4) is 11.1 Å². The zero-order chi connectivity index (χ0) is 26.9. The molecule has 5 aliphatic carbocycles. The van der Waals surface area contributed by atoms with Crippen molar-refractivity contribution in [2.75, 3.05) is 0 Å². The molecule has 1 spiro atoms. The molecule has 0 saturated heterocycles. The monoisotopic (exact) mass is 512 g/mol. The fourth-order valence-corrected chi connectivity index (χ4v) is 6.82. The zero-order valence-corrected chi connectivity index (χ0v) is 22.8. The summed E-state index contributed by atoms with van der Waals surface area (Å²) in [5.41, 5.74) is 14.2. The molecular formula is C40H32. The fourth-order valence-electron chi connectivity index (χ4n) is 6.82. The van der Waals surface area contributed by atoms with Crippen LogP contribution in [0.3, 0.4) is 0 Å². The lowest BCUT2D eigenvalue weighted by molar-refractivity contribution is 0.693. The van der Waals surface area contributed by atoms with E-state index in [1.54, 1.807) is 0 Å². The minimum Gasteiger partial charge on any atom is -0.0836 e. The Labute approximate surface area is 237 Å². The molecule has 0 atom stereocenters. The Morgan fingerprint density at radius 3 is 2.20 bits per heavy atom.